The van der Waals surface area contributed by atoms with Crippen molar-refractivity contribution in [3.63, 3.8) is 0 Å². The van der Waals surface area contributed by atoms with Gasteiger partial charge in [0.05, 0.1) is 23.4 Å². The average molecular weight is 547 g/mol. The zero-order valence-corrected chi connectivity index (χ0v) is 26.0. The van der Waals surface area contributed by atoms with E-state index in [0.717, 1.165) is 58.5 Å². The van der Waals surface area contributed by atoms with Crippen molar-refractivity contribution < 1.29 is 4.74 Å². The first-order valence-electron chi connectivity index (χ1n) is 15.9. The van der Waals surface area contributed by atoms with E-state index < -0.39 is 0 Å². The van der Waals surface area contributed by atoms with Gasteiger partial charge >= 0.3 is 0 Å². The summed E-state index contributed by atoms with van der Waals surface area (Å²) in [6, 6.07) is 8.15. The van der Waals surface area contributed by atoms with Crippen LogP contribution in [0.3, 0.4) is 0 Å². The summed E-state index contributed by atoms with van der Waals surface area (Å²) in [7, 11) is 1.73. The van der Waals surface area contributed by atoms with Crippen molar-refractivity contribution >= 4 is 27.7 Å². The molecule has 1 N–H and O–H groups in total. The van der Waals surface area contributed by atoms with Crippen molar-refractivity contribution in [3.8, 4) is 5.75 Å². The highest BCUT2D eigenvalue weighted by molar-refractivity contribution is 7.16. The number of nitrogens with one attached hydrogen (secondary N) is 1. The third-order valence-corrected chi connectivity index (χ3v) is 12.9. The highest BCUT2D eigenvalue weighted by Crippen LogP contribution is 2.68. The second-order valence-corrected chi connectivity index (χ2v) is 15.3. The Morgan fingerprint density at radius 1 is 1.05 bits per heavy atom. The van der Waals surface area contributed by atoms with Crippen LogP contribution in [0.5, 0.6) is 5.75 Å². The molecule has 39 heavy (non-hydrogen) atoms. The molecule has 0 aliphatic heterocycles. The normalized spacial score (nSPS) is 34.0. The van der Waals surface area contributed by atoms with Gasteiger partial charge in [-0.2, -0.15) is 0 Å². The molecule has 0 spiro atoms. The van der Waals surface area contributed by atoms with E-state index >= 15 is 0 Å². The van der Waals surface area contributed by atoms with Gasteiger partial charge in [0.2, 0.25) is 0 Å². The molecule has 7 atom stereocenters. The number of aromatic nitrogens is 1. The number of ether oxygens (including phenoxy) is 1. The largest absolute Gasteiger partial charge is 0.495 e. The molecule has 1 aromatic carbocycles. The summed E-state index contributed by atoms with van der Waals surface area (Å²) in [5.74, 6) is 6.11. The molecule has 2 aromatic rings. The van der Waals surface area contributed by atoms with Gasteiger partial charge in [0.1, 0.15) is 5.75 Å². The van der Waals surface area contributed by atoms with Crippen LogP contribution in [0.1, 0.15) is 103 Å². The summed E-state index contributed by atoms with van der Waals surface area (Å²) in [6.45, 7) is 12.7. The highest BCUT2D eigenvalue weighted by atomic mass is 32.1. The van der Waals surface area contributed by atoms with Crippen molar-refractivity contribution in [2.45, 2.75) is 98.8 Å². The number of para-hydroxylation sites is 2. The Labute approximate surface area is 241 Å². The maximum atomic E-state index is 5.58. The molecule has 212 valence electrons. The number of fused-ring (bicyclic) bond motifs is 7. The minimum Gasteiger partial charge on any atom is -0.495 e. The summed E-state index contributed by atoms with van der Waals surface area (Å²) in [6.07, 6.45) is 16.3. The predicted octanol–water partition coefficient (Wildman–Crippen LogP) is 10.2. The number of hydrogen-bond acceptors (Lipinski definition) is 4. The van der Waals surface area contributed by atoms with E-state index in [4.69, 9.17) is 9.72 Å². The van der Waals surface area contributed by atoms with Crippen LogP contribution in [0.4, 0.5) is 10.8 Å². The molecule has 0 bridgehead atoms. The molecule has 0 unspecified atom stereocenters. The van der Waals surface area contributed by atoms with Gasteiger partial charge in [-0.05, 0) is 109 Å². The Hall–Kier alpha value is -1.81. The Kier molecular flexibility index (Phi) is 7.40. The minimum absolute atomic E-state index is 0.298. The average Bonchev–Trinajstić information content (AvgIpc) is 3.48. The van der Waals surface area contributed by atoms with Gasteiger partial charge in [0.15, 0.2) is 5.13 Å². The summed E-state index contributed by atoms with van der Waals surface area (Å²) >= 11 is 1.86. The van der Waals surface area contributed by atoms with E-state index in [1.807, 2.05) is 23.5 Å². The van der Waals surface area contributed by atoms with E-state index in [2.05, 4.69) is 58.1 Å². The lowest BCUT2D eigenvalue weighted by molar-refractivity contribution is -0.0392. The smallest absolute Gasteiger partial charge is 0.188 e. The van der Waals surface area contributed by atoms with Gasteiger partial charge in [-0.25, -0.2) is 4.98 Å². The van der Waals surface area contributed by atoms with Gasteiger partial charge in [0.25, 0.3) is 0 Å². The number of benzene rings is 1. The standard InChI is InChI=1S/C35H50N2OS/c1-22(2)10-9-11-23(3)25-16-17-26-24-14-15-28-32-30(19-21-35(28,5)27(24)18-20-34(25,26)4)37-33(39-32)36-29-12-7-8-13-31(29)38-6/h7-8,12-13,15,22-27H,9-11,14,16-21H2,1-6H3,(H,36,37)/t23-,24+,25-,26+,27+,34-,35-/m1/s1. The van der Waals surface area contributed by atoms with Gasteiger partial charge < -0.3 is 10.1 Å². The number of nitrogens with zero attached hydrogens (tertiary/aromatic N) is 1. The van der Waals surface area contributed by atoms with Crippen LogP contribution in [0, 0.1) is 46.3 Å². The highest BCUT2D eigenvalue weighted by Gasteiger charge is 2.59. The number of allylic oxidation sites excluding steroid dienone is 2. The number of hydrogen-bond donors (Lipinski definition) is 1. The van der Waals surface area contributed by atoms with Crippen molar-refractivity contribution in [1.82, 2.24) is 4.98 Å². The monoisotopic (exact) mass is 546 g/mol. The lowest BCUT2D eigenvalue weighted by atomic mass is 9.47. The Balaban J connectivity index is 1.22. The summed E-state index contributed by atoms with van der Waals surface area (Å²) < 4.78 is 5.58. The van der Waals surface area contributed by atoms with Gasteiger partial charge in [-0.15, -0.1) is 0 Å². The summed E-state index contributed by atoms with van der Waals surface area (Å²) in [5, 5.41) is 4.57. The van der Waals surface area contributed by atoms with Crippen LogP contribution in [0.25, 0.3) is 5.57 Å². The first-order valence-corrected chi connectivity index (χ1v) is 16.7. The molecular formula is C35H50N2OS. The van der Waals surface area contributed by atoms with Crippen molar-refractivity contribution in [2.24, 2.45) is 46.3 Å². The molecule has 4 aliphatic rings. The molecule has 0 saturated heterocycles. The number of thiazole rings is 1. The van der Waals surface area contributed by atoms with Crippen molar-refractivity contribution in [1.29, 1.82) is 0 Å². The first-order chi connectivity index (χ1) is 18.7. The zero-order valence-electron chi connectivity index (χ0n) is 25.2. The lowest BCUT2D eigenvalue weighted by Crippen LogP contribution is -2.49. The first kappa shape index (κ1) is 27.4. The van der Waals surface area contributed by atoms with Crippen molar-refractivity contribution in [2.75, 3.05) is 12.4 Å². The van der Waals surface area contributed by atoms with Gasteiger partial charge in [-0.3, -0.25) is 0 Å². The molecule has 2 saturated carbocycles. The van der Waals surface area contributed by atoms with Crippen LogP contribution in [-0.4, -0.2) is 12.1 Å². The molecular weight excluding hydrogens is 496 g/mol. The van der Waals surface area contributed by atoms with Crippen LogP contribution in [0.2, 0.25) is 0 Å². The molecule has 0 radical (unpaired) electrons. The second kappa shape index (κ2) is 10.5. The third-order valence-electron chi connectivity index (χ3n) is 11.8. The van der Waals surface area contributed by atoms with Crippen LogP contribution in [-0.2, 0) is 6.42 Å². The molecule has 1 aromatic heterocycles. The molecule has 3 nitrogen and oxygen atoms in total. The maximum absolute atomic E-state index is 5.58. The molecule has 4 heteroatoms. The van der Waals surface area contributed by atoms with Crippen LogP contribution in [0.15, 0.2) is 30.3 Å². The van der Waals surface area contributed by atoms with Gasteiger partial charge in [-0.1, -0.05) is 83.4 Å². The number of anilines is 2. The number of rotatable bonds is 8. The fourth-order valence-corrected chi connectivity index (χ4v) is 11.0. The number of aryl methyl sites for hydroxylation is 1. The molecule has 1 heterocycles. The fraction of sp³-hybridized carbons (Fsp3) is 0.686. The zero-order chi connectivity index (χ0) is 27.4. The van der Waals surface area contributed by atoms with Crippen LogP contribution >= 0.6 is 11.3 Å². The summed E-state index contributed by atoms with van der Waals surface area (Å²) in [5.41, 5.74) is 4.77. The van der Waals surface area contributed by atoms with E-state index in [9.17, 15) is 0 Å². The fourth-order valence-electron chi connectivity index (χ4n) is 9.82. The molecule has 4 aliphatic carbocycles. The molecule has 2 fully saturated rings. The lowest BCUT2D eigenvalue weighted by Gasteiger charge is -2.57. The quantitative estimate of drug-likeness (QED) is 0.358. The predicted molar refractivity (Wildman–Crippen MR) is 166 cm³/mol. The maximum Gasteiger partial charge on any atom is 0.188 e. The SMILES string of the molecule is COc1ccccc1Nc1nc2c(s1)C1=CC[C@H]3[C@@H]4CC[C@H]([C@H](C)CCCC(C)C)[C@@]4(C)CC[C@@H]3[C@@]1(C)CC2. The van der Waals surface area contributed by atoms with E-state index in [0.29, 0.717) is 10.8 Å². The third kappa shape index (κ3) is 4.67. The minimum atomic E-state index is 0.298. The van der Waals surface area contributed by atoms with E-state index in [1.54, 1.807) is 12.7 Å². The Morgan fingerprint density at radius 2 is 1.87 bits per heavy atom. The number of methoxy groups -OCH3 is 1. The topological polar surface area (TPSA) is 34.1 Å². The van der Waals surface area contributed by atoms with Gasteiger partial charge in [0, 0.05) is 0 Å². The Bertz CT molecular complexity index is 1210. The molecule has 6 rings (SSSR count). The second-order valence-electron chi connectivity index (χ2n) is 14.3. The van der Waals surface area contributed by atoms with E-state index in [-0.39, 0.29) is 0 Å². The van der Waals surface area contributed by atoms with E-state index in [1.165, 1.54) is 68.4 Å². The Morgan fingerprint density at radius 3 is 2.67 bits per heavy atom. The van der Waals surface area contributed by atoms with Crippen molar-refractivity contribution in [3.05, 3.63) is 40.9 Å². The van der Waals surface area contributed by atoms with Crippen LogP contribution < -0.4 is 10.1 Å². The summed E-state index contributed by atoms with van der Waals surface area (Å²) in [4.78, 5) is 6.54. The molecule has 0 amide bonds.